The predicted octanol–water partition coefficient (Wildman–Crippen LogP) is 1.97. The fraction of sp³-hybridized carbons (Fsp3) is 0.333. The molecule has 1 aliphatic rings. The van der Waals surface area contributed by atoms with Gasteiger partial charge in [0, 0.05) is 18.8 Å². The summed E-state index contributed by atoms with van der Waals surface area (Å²) in [4.78, 5) is 17.8. The van der Waals surface area contributed by atoms with Crippen molar-refractivity contribution in [3.8, 4) is 11.5 Å². The van der Waals surface area contributed by atoms with Crippen LogP contribution in [0.15, 0.2) is 42.7 Å². The smallest absolute Gasteiger partial charge is 0.255 e. The van der Waals surface area contributed by atoms with Gasteiger partial charge in [0.05, 0.1) is 18.3 Å². The number of pyridine rings is 1. The second-order valence-corrected chi connectivity index (χ2v) is 6.23. The summed E-state index contributed by atoms with van der Waals surface area (Å²) in [7, 11) is 0. The number of carbonyl (C=O) groups is 1. The van der Waals surface area contributed by atoms with Gasteiger partial charge in [-0.25, -0.2) is 4.39 Å². The minimum atomic E-state index is -1.22. The molecule has 0 radical (unpaired) electrons. The molecule has 2 N–H and O–H groups in total. The molecular formula is C18H19FN2O4. The standard InChI is InChI=1S/C18H19FN2O4/c19-14-3-1-4-16(8-14)25-12-18(24)5-2-6-21(11-18)17(23)13-7-15(22)10-20-9-13/h1,3-4,7-10,22,24H,2,5-6,11-12H2. The summed E-state index contributed by atoms with van der Waals surface area (Å²) in [6.45, 7) is 0.548. The van der Waals surface area contributed by atoms with E-state index >= 15 is 0 Å². The highest BCUT2D eigenvalue weighted by Crippen LogP contribution is 2.25. The number of rotatable bonds is 4. The van der Waals surface area contributed by atoms with Crippen LogP contribution in [-0.4, -0.2) is 51.3 Å². The zero-order valence-corrected chi connectivity index (χ0v) is 13.6. The third kappa shape index (κ3) is 4.24. The molecule has 1 fully saturated rings. The molecule has 1 aromatic heterocycles. The van der Waals surface area contributed by atoms with Crippen molar-refractivity contribution in [1.29, 1.82) is 0 Å². The fourth-order valence-electron chi connectivity index (χ4n) is 2.91. The first-order valence-corrected chi connectivity index (χ1v) is 7.99. The van der Waals surface area contributed by atoms with Crippen LogP contribution in [0, 0.1) is 5.82 Å². The molecule has 1 aliphatic heterocycles. The van der Waals surface area contributed by atoms with E-state index in [4.69, 9.17) is 4.74 Å². The van der Waals surface area contributed by atoms with E-state index in [0.717, 1.165) is 0 Å². The molecule has 132 valence electrons. The van der Waals surface area contributed by atoms with Crippen molar-refractivity contribution in [2.24, 2.45) is 0 Å². The van der Waals surface area contributed by atoms with Gasteiger partial charge in [-0.3, -0.25) is 9.78 Å². The fourth-order valence-corrected chi connectivity index (χ4v) is 2.91. The van der Waals surface area contributed by atoms with Crippen LogP contribution in [0.2, 0.25) is 0 Å². The number of likely N-dealkylation sites (tertiary alicyclic amines) is 1. The zero-order valence-electron chi connectivity index (χ0n) is 13.6. The molecule has 0 aliphatic carbocycles. The number of piperidine rings is 1. The minimum Gasteiger partial charge on any atom is -0.506 e. The Morgan fingerprint density at radius 2 is 2.20 bits per heavy atom. The van der Waals surface area contributed by atoms with Gasteiger partial charge in [-0.2, -0.15) is 0 Å². The molecule has 0 bridgehead atoms. The summed E-state index contributed by atoms with van der Waals surface area (Å²) in [6.07, 6.45) is 3.71. The Morgan fingerprint density at radius 3 is 2.96 bits per heavy atom. The van der Waals surface area contributed by atoms with Gasteiger partial charge in [-0.05, 0) is 31.0 Å². The van der Waals surface area contributed by atoms with Gasteiger partial charge in [0.15, 0.2) is 0 Å². The maximum absolute atomic E-state index is 13.2. The van der Waals surface area contributed by atoms with E-state index in [0.29, 0.717) is 25.1 Å². The van der Waals surface area contributed by atoms with Crippen molar-refractivity contribution in [2.45, 2.75) is 18.4 Å². The van der Waals surface area contributed by atoms with E-state index in [1.165, 1.54) is 41.6 Å². The largest absolute Gasteiger partial charge is 0.506 e. The lowest BCUT2D eigenvalue weighted by molar-refractivity contribution is -0.0532. The number of carbonyl (C=O) groups excluding carboxylic acids is 1. The molecule has 1 atom stereocenters. The normalized spacial score (nSPS) is 20.3. The number of ether oxygens (including phenoxy) is 1. The van der Waals surface area contributed by atoms with Gasteiger partial charge in [-0.15, -0.1) is 0 Å². The van der Waals surface area contributed by atoms with Gasteiger partial charge >= 0.3 is 0 Å². The number of aromatic nitrogens is 1. The summed E-state index contributed by atoms with van der Waals surface area (Å²) in [5.41, 5.74) is -0.958. The van der Waals surface area contributed by atoms with E-state index in [-0.39, 0.29) is 30.4 Å². The number of amides is 1. The molecular weight excluding hydrogens is 327 g/mol. The summed E-state index contributed by atoms with van der Waals surface area (Å²) in [6, 6.07) is 7.03. The van der Waals surface area contributed by atoms with E-state index in [1.54, 1.807) is 6.07 Å². The van der Waals surface area contributed by atoms with Crippen molar-refractivity contribution in [3.63, 3.8) is 0 Å². The van der Waals surface area contributed by atoms with Crippen LogP contribution in [0.4, 0.5) is 4.39 Å². The summed E-state index contributed by atoms with van der Waals surface area (Å²) >= 11 is 0. The monoisotopic (exact) mass is 346 g/mol. The Labute approximate surface area is 144 Å². The van der Waals surface area contributed by atoms with Crippen LogP contribution in [0.5, 0.6) is 11.5 Å². The molecule has 25 heavy (non-hydrogen) atoms. The number of halogens is 1. The molecule has 1 amide bonds. The number of aromatic hydroxyl groups is 1. The van der Waals surface area contributed by atoms with Crippen LogP contribution in [0.25, 0.3) is 0 Å². The highest BCUT2D eigenvalue weighted by Gasteiger charge is 2.36. The number of β-amino-alcohol motifs (C(OH)–C–C–N with tert-alkyl or cyclic N) is 1. The lowest BCUT2D eigenvalue weighted by Crippen LogP contribution is -2.53. The van der Waals surface area contributed by atoms with E-state index in [1.807, 2.05) is 0 Å². The first-order valence-electron chi connectivity index (χ1n) is 7.99. The third-order valence-electron chi connectivity index (χ3n) is 4.12. The van der Waals surface area contributed by atoms with Gasteiger partial charge in [0.25, 0.3) is 5.91 Å². The van der Waals surface area contributed by atoms with Crippen LogP contribution in [-0.2, 0) is 0 Å². The molecule has 1 aromatic carbocycles. The molecule has 0 spiro atoms. The number of hydrogen-bond donors (Lipinski definition) is 2. The highest BCUT2D eigenvalue weighted by atomic mass is 19.1. The van der Waals surface area contributed by atoms with Gasteiger partial charge in [-0.1, -0.05) is 6.07 Å². The highest BCUT2D eigenvalue weighted by molar-refractivity contribution is 5.94. The zero-order chi connectivity index (χ0) is 17.9. The Hall–Kier alpha value is -2.67. The van der Waals surface area contributed by atoms with E-state index < -0.39 is 11.4 Å². The summed E-state index contributed by atoms with van der Waals surface area (Å²) < 4.78 is 18.7. The second-order valence-electron chi connectivity index (χ2n) is 6.23. The lowest BCUT2D eigenvalue weighted by atomic mass is 9.93. The van der Waals surface area contributed by atoms with Crippen molar-refractivity contribution >= 4 is 5.91 Å². The molecule has 2 heterocycles. The molecule has 2 aromatic rings. The van der Waals surface area contributed by atoms with Crippen molar-refractivity contribution in [1.82, 2.24) is 9.88 Å². The molecule has 3 rings (SSSR count). The lowest BCUT2D eigenvalue weighted by Gasteiger charge is -2.38. The van der Waals surface area contributed by atoms with Crippen LogP contribution in [0.3, 0.4) is 0 Å². The van der Waals surface area contributed by atoms with Crippen LogP contribution >= 0.6 is 0 Å². The maximum atomic E-state index is 13.2. The number of hydrogen-bond acceptors (Lipinski definition) is 5. The Morgan fingerprint density at radius 1 is 1.36 bits per heavy atom. The maximum Gasteiger partial charge on any atom is 0.255 e. The Balaban J connectivity index is 1.66. The van der Waals surface area contributed by atoms with E-state index in [9.17, 15) is 19.4 Å². The number of benzene rings is 1. The summed E-state index contributed by atoms with van der Waals surface area (Å²) in [5, 5.41) is 20.2. The minimum absolute atomic E-state index is 0.0431. The Kier molecular flexibility index (Phi) is 4.85. The number of aliphatic hydroxyl groups is 1. The predicted molar refractivity (Wildman–Crippen MR) is 87.9 cm³/mol. The third-order valence-corrected chi connectivity index (χ3v) is 4.12. The SMILES string of the molecule is O=C(c1cncc(O)c1)N1CCCC(O)(COc2cccc(F)c2)C1. The first kappa shape index (κ1) is 17.2. The average molecular weight is 346 g/mol. The van der Waals surface area contributed by atoms with Crippen LogP contribution in [0.1, 0.15) is 23.2 Å². The van der Waals surface area contributed by atoms with Crippen molar-refractivity contribution in [2.75, 3.05) is 19.7 Å². The molecule has 6 nitrogen and oxygen atoms in total. The molecule has 0 saturated carbocycles. The van der Waals surface area contributed by atoms with Crippen LogP contribution < -0.4 is 4.74 Å². The first-order chi connectivity index (χ1) is 12.0. The quantitative estimate of drug-likeness (QED) is 0.884. The average Bonchev–Trinajstić information content (AvgIpc) is 2.60. The Bertz CT molecular complexity index is 770. The van der Waals surface area contributed by atoms with Crippen molar-refractivity contribution in [3.05, 3.63) is 54.1 Å². The summed E-state index contributed by atoms with van der Waals surface area (Å²) in [5.74, 6) is -0.491. The number of nitrogens with zero attached hydrogens (tertiary/aromatic N) is 2. The van der Waals surface area contributed by atoms with Gasteiger partial charge < -0.3 is 19.8 Å². The van der Waals surface area contributed by atoms with Crippen molar-refractivity contribution < 1.29 is 24.1 Å². The van der Waals surface area contributed by atoms with Gasteiger partial charge in [0.1, 0.15) is 29.5 Å². The van der Waals surface area contributed by atoms with E-state index in [2.05, 4.69) is 4.98 Å². The molecule has 7 heteroatoms. The van der Waals surface area contributed by atoms with Gasteiger partial charge in [0.2, 0.25) is 0 Å². The topological polar surface area (TPSA) is 82.9 Å². The second kappa shape index (κ2) is 7.06. The molecule has 1 saturated heterocycles. The molecule has 1 unspecified atom stereocenters.